The van der Waals surface area contributed by atoms with Crippen molar-refractivity contribution in [1.82, 2.24) is 15.1 Å². The van der Waals surface area contributed by atoms with E-state index in [1.54, 1.807) is 0 Å². The van der Waals surface area contributed by atoms with Crippen LogP contribution >= 0.6 is 11.3 Å². The van der Waals surface area contributed by atoms with Gasteiger partial charge in [0.25, 0.3) is 0 Å². The Morgan fingerprint density at radius 1 is 1.29 bits per heavy atom. The molecule has 1 N–H and O–H groups in total. The molecule has 21 heavy (non-hydrogen) atoms. The van der Waals surface area contributed by atoms with Gasteiger partial charge in [-0.15, -0.1) is 11.3 Å². The zero-order chi connectivity index (χ0) is 14.8. The summed E-state index contributed by atoms with van der Waals surface area (Å²) in [4.78, 5) is 1.44. The summed E-state index contributed by atoms with van der Waals surface area (Å²) in [6, 6.07) is 11.1. The second-order valence-electron chi connectivity index (χ2n) is 5.49. The van der Waals surface area contributed by atoms with E-state index in [4.69, 9.17) is 0 Å². The van der Waals surface area contributed by atoms with Crippen LogP contribution in [0, 0.1) is 6.92 Å². The minimum atomic E-state index is 0.381. The van der Waals surface area contributed by atoms with Crippen molar-refractivity contribution in [2.75, 3.05) is 6.54 Å². The number of hydrogen-bond donors (Lipinski definition) is 1. The maximum atomic E-state index is 4.41. The summed E-state index contributed by atoms with van der Waals surface area (Å²) in [6.45, 7) is 5.42. The molecule has 2 heterocycles. The summed E-state index contributed by atoms with van der Waals surface area (Å²) >= 11 is 1.90. The molecule has 0 amide bonds. The van der Waals surface area contributed by atoms with E-state index in [-0.39, 0.29) is 0 Å². The van der Waals surface area contributed by atoms with Crippen LogP contribution < -0.4 is 5.32 Å². The van der Waals surface area contributed by atoms with Crippen molar-refractivity contribution in [3.05, 3.63) is 52.7 Å². The number of fused-ring (bicyclic) bond motifs is 1. The van der Waals surface area contributed by atoms with Crippen molar-refractivity contribution >= 4 is 21.4 Å². The number of nitrogens with one attached hydrogen (secondary N) is 1. The van der Waals surface area contributed by atoms with Crippen LogP contribution in [0.3, 0.4) is 0 Å². The molecular weight excluding hydrogens is 278 g/mol. The Hall–Kier alpha value is -1.65. The van der Waals surface area contributed by atoms with Gasteiger partial charge in [0.15, 0.2) is 0 Å². The molecule has 0 aliphatic carbocycles. The number of hydrogen-bond acceptors (Lipinski definition) is 3. The average molecular weight is 299 g/mol. The van der Waals surface area contributed by atoms with Gasteiger partial charge < -0.3 is 5.32 Å². The van der Waals surface area contributed by atoms with Gasteiger partial charge in [-0.2, -0.15) is 5.10 Å². The number of thiophene rings is 1. The Morgan fingerprint density at radius 3 is 2.81 bits per heavy atom. The van der Waals surface area contributed by atoms with Crippen molar-refractivity contribution in [3.8, 4) is 0 Å². The molecule has 0 fully saturated rings. The molecule has 0 saturated carbocycles. The first-order valence-corrected chi connectivity index (χ1v) is 8.16. The molecule has 0 spiro atoms. The summed E-state index contributed by atoms with van der Waals surface area (Å²) in [5.41, 5.74) is 2.55. The maximum absolute atomic E-state index is 4.41. The molecule has 0 aliphatic rings. The van der Waals surface area contributed by atoms with Gasteiger partial charge in [-0.05, 0) is 36.9 Å². The summed E-state index contributed by atoms with van der Waals surface area (Å²) in [5, 5.41) is 9.42. The Labute approximate surface area is 129 Å². The lowest BCUT2D eigenvalue weighted by Crippen LogP contribution is -2.21. The van der Waals surface area contributed by atoms with E-state index in [1.165, 1.54) is 20.5 Å². The third-order valence-corrected chi connectivity index (χ3v) is 5.33. The van der Waals surface area contributed by atoms with E-state index in [0.717, 1.165) is 18.7 Å². The number of aromatic nitrogens is 2. The lowest BCUT2D eigenvalue weighted by atomic mass is 10.1. The molecule has 0 radical (unpaired) electrons. The highest BCUT2D eigenvalue weighted by atomic mass is 32.1. The Bertz CT molecular complexity index is 741. The van der Waals surface area contributed by atoms with Crippen molar-refractivity contribution in [1.29, 1.82) is 0 Å². The smallest absolute Gasteiger partial charge is 0.0637 e. The summed E-state index contributed by atoms with van der Waals surface area (Å²) < 4.78 is 3.23. The molecule has 0 bridgehead atoms. The van der Waals surface area contributed by atoms with Crippen LogP contribution in [-0.2, 0) is 13.5 Å². The minimum absolute atomic E-state index is 0.381. The number of rotatable bonds is 5. The highest BCUT2D eigenvalue weighted by Gasteiger charge is 2.13. The molecule has 110 valence electrons. The van der Waals surface area contributed by atoms with Crippen LogP contribution in [0.1, 0.15) is 29.1 Å². The Kier molecular flexibility index (Phi) is 4.08. The monoisotopic (exact) mass is 299 g/mol. The first-order valence-electron chi connectivity index (χ1n) is 7.35. The van der Waals surface area contributed by atoms with Gasteiger partial charge in [0.05, 0.1) is 5.69 Å². The summed E-state index contributed by atoms with van der Waals surface area (Å²) in [5.74, 6) is 0. The van der Waals surface area contributed by atoms with Gasteiger partial charge in [0.1, 0.15) is 0 Å². The fourth-order valence-corrected chi connectivity index (χ4v) is 3.95. The van der Waals surface area contributed by atoms with Crippen LogP contribution in [0.4, 0.5) is 0 Å². The number of aryl methyl sites for hydroxylation is 2. The molecule has 3 nitrogen and oxygen atoms in total. The fraction of sp³-hybridized carbons (Fsp3) is 0.353. The van der Waals surface area contributed by atoms with Gasteiger partial charge in [0.2, 0.25) is 0 Å². The van der Waals surface area contributed by atoms with Gasteiger partial charge in [0, 0.05) is 41.8 Å². The van der Waals surface area contributed by atoms with Crippen LogP contribution in [0.5, 0.6) is 0 Å². The van der Waals surface area contributed by atoms with Crippen molar-refractivity contribution in [2.24, 2.45) is 7.05 Å². The Morgan fingerprint density at radius 2 is 2.10 bits per heavy atom. The molecular formula is C17H21N3S. The van der Waals surface area contributed by atoms with E-state index >= 15 is 0 Å². The van der Waals surface area contributed by atoms with Crippen molar-refractivity contribution in [3.63, 3.8) is 0 Å². The SMILES string of the molecule is Cc1c(C(C)NCCc2ccn(C)n2)sc2ccccc12. The second-order valence-corrected chi connectivity index (χ2v) is 6.58. The quantitative estimate of drug-likeness (QED) is 0.776. The maximum Gasteiger partial charge on any atom is 0.0637 e. The van der Waals surface area contributed by atoms with Crippen molar-refractivity contribution in [2.45, 2.75) is 26.3 Å². The normalized spacial score (nSPS) is 12.9. The van der Waals surface area contributed by atoms with Crippen LogP contribution in [0.25, 0.3) is 10.1 Å². The van der Waals surface area contributed by atoms with Gasteiger partial charge >= 0.3 is 0 Å². The lowest BCUT2D eigenvalue weighted by Gasteiger charge is -2.12. The third kappa shape index (κ3) is 3.01. The first-order chi connectivity index (χ1) is 10.1. The zero-order valence-electron chi connectivity index (χ0n) is 12.8. The molecule has 0 aliphatic heterocycles. The molecule has 3 rings (SSSR count). The fourth-order valence-electron chi connectivity index (χ4n) is 2.71. The van der Waals surface area contributed by atoms with Crippen LogP contribution in [-0.4, -0.2) is 16.3 Å². The third-order valence-electron chi connectivity index (χ3n) is 3.87. The standard InChI is InChI=1S/C17H21N3S/c1-12-15-6-4-5-7-16(15)21-17(12)13(2)18-10-8-14-9-11-20(3)19-14/h4-7,9,11,13,18H,8,10H2,1-3H3. The minimum Gasteiger partial charge on any atom is -0.309 e. The Balaban J connectivity index is 1.66. The van der Waals surface area contributed by atoms with Gasteiger partial charge in [-0.25, -0.2) is 0 Å². The topological polar surface area (TPSA) is 29.9 Å². The van der Waals surface area contributed by atoms with E-state index in [9.17, 15) is 0 Å². The molecule has 2 aromatic heterocycles. The van der Waals surface area contributed by atoms with E-state index in [1.807, 2.05) is 29.3 Å². The molecule has 4 heteroatoms. The largest absolute Gasteiger partial charge is 0.309 e. The predicted molar refractivity (Wildman–Crippen MR) is 89.9 cm³/mol. The molecule has 1 atom stereocenters. The van der Waals surface area contributed by atoms with Gasteiger partial charge in [-0.1, -0.05) is 18.2 Å². The van der Waals surface area contributed by atoms with E-state index in [2.05, 4.69) is 54.6 Å². The van der Waals surface area contributed by atoms with E-state index in [0.29, 0.717) is 6.04 Å². The first kappa shape index (κ1) is 14.3. The average Bonchev–Trinajstić information content (AvgIpc) is 3.03. The summed E-state index contributed by atoms with van der Waals surface area (Å²) in [7, 11) is 1.96. The van der Waals surface area contributed by atoms with Crippen LogP contribution in [0.15, 0.2) is 36.5 Å². The number of benzene rings is 1. The number of nitrogens with zero attached hydrogens (tertiary/aromatic N) is 2. The van der Waals surface area contributed by atoms with Crippen LogP contribution in [0.2, 0.25) is 0 Å². The molecule has 1 unspecified atom stereocenters. The molecule has 0 saturated heterocycles. The van der Waals surface area contributed by atoms with Gasteiger partial charge in [-0.3, -0.25) is 4.68 Å². The lowest BCUT2D eigenvalue weighted by molar-refractivity contribution is 0.577. The summed E-state index contributed by atoms with van der Waals surface area (Å²) in [6.07, 6.45) is 2.96. The zero-order valence-corrected chi connectivity index (χ0v) is 13.6. The molecule has 3 aromatic rings. The highest BCUT2D eigenvalue weighted by Crippen LogP contribution is 2.34. The van der Waals surface area contributed by atoms with Crippen molar-refractivity contribution < 1.29 is 0 Å². The van der Waals surface area contributed by atoms with E-state index < -0.39 is 0 Å². The molecule has 1 aromatic carbocycles. The second kappa shape index (κ2) is 6.00. The highest BCUT2D eigenvalue weighted by molar-refractivity contribution is 7.19. The predicted octanol–water partition coefficient (Wildman–Crippen LogP) is 3.84.